The molecule has 0 bridgehead atoms. The summed E-state index contributed by atoms with van der Waals surface area (Å²) in [5.41, 5.74) is 0.510. The maximum Gasteiger partial charge on any atom is 0.305 e. The van der Waals surface area contributed by atoms with E-state index in [0.717, 1.165) is 6.42 Å². The molecule has 0 saturated carbocycles. The lowest BCUT2D eigenvalue weighted by molar-refractivity contribution is -0.138. The summed E-state index contributed by atoms with van der Waals surface area (Å²) in [5, 5.41) is 9.38. The van der Waals surface area contributed by atoms with Crippen LogP contribution in [0.2, 0.25) is 5.02 Å². The summed E-state index contributed by atoms with van der Waals surface area (Å²) in [7, 11) is 0. The smallest absolute Gasteiger partial charge is 0.305 e. The number of halogens is 1. The standard InChI is InChI=1S/C14H21ClN2O3/c1-4-6-16-9-11(15)8-12(16)14(20)17(5-2)10(3)7-13(18)19/h8-10H,4-7H2,1-3H3,(H,18,19). The molecule has 1 heterocycles. The Morgan fingerprint density at radius 2 is 2.10 bits per heavy atom. The Kier molecular flexibility index (Phi) is 6.07. The van der Waals surface area contributed by atoms with Gasteiger partial charge in [-0.05, 0) is 26.3 Å². The summed E-state index contributed by atoms with van der Waals surface area (Å²) in [6.07, 6.45) is 2.55. The number of nitrogens with zero attached hydrogens (tertiary/aromatic N) is 2. The van der Waals surface area contributed by atoms with Crippen LogP contribution in [0.1, 0.15) is 44.1 Å². The second-order valence-electron chi connectivity index (χ2n) is 4.78. The van der Waals surface area contributed by atoms with Crippen LogP contribution >= 0.6 is 11.6 Å². The minimum Gasteiger partial charge on any atom is -0.481 e. The number of aromatic nitrogens is 1. The summed E-state index contributed by atoms with van der Waals surface area (Å²) < 4.78 is 1.82. The van der Waals surface area contributed by atoms with Gasteiger partial charge in [-0.3, -0.25) is 9.59 Å². The molecule has 5 nitrogen and oxygen atoms in total. The van der Waals surface area contributed by atoms with Gasteiger partial charge >= 0.3 is 5.97 Å². The van der Waals surface area contributed by atoms with Gasteiger partial charge in [-0.25, -0.2) is 0 Å². The Labute approximate surface area is 124 Å². The van der Waals surface area contributed by atoms with Crippen LogP contribution in [0.4, 0.5) is 0 Å². The summed E-state index contributed by atoms with van der Waals surface area (Å²) in [6, 6.07) is 1.28. The van der Waals surface area contributed by atoms with E-state index in [-0.39, 0.29) is 18.4 Å². The van der Waals surface area contributed by atoms with Crippen LogP contribution in [-0.2, 0) is 11.3 Å². The number of carboxylic acids is 1. The van der Waals surface area contributed by atoms with Crippen molar-refractivity contribution in [3.8, 4) is 0 Å². The van der Waals surface area contributed by atoms with E-state index in [1.54, 1.807) is 24.1 Å². The Hall–Kier alpha value is -1.49. The summed E-state index contributed by atoms with van der Waals surface area (Å²) in [5.74, 6) is -1.09. The van der Waals surface area contributed by atoms with E-state index >= 15 is 0 Å². The summed E-state index contributed by atoms with van der Waals surface area (Å²) in [4.78, 5) is 24.9. The first kappa shape index (κ1) is 16.6. The molecule has 0 fully saturated rings. The third kappa shape index (κ3) is 4.00. The maximum absolute atomic E-state index is 12.6. The van der Waals surface area contributed by atoms with Gasteiger partial charge in [0.05, 0.1) is 11.4 Å². The van der Waals surface area contributed by atoms with E-state index in [1.807, 2.05) is 18.4 Å². The largest absolute Gasteiger partial charge is 0.481 e. The topological polar surface area (TPSA) is 62.5 Å². The third-order valence-electron chi connectivity index (χ3n) is 3.15. The highest BCUT2D eigenvalue weighted by Gasteiger charge is 2.24. The SMILES string of the molecule is CCCn1cc(Cl)cc1C(=O)N(CC)C(C)CC(=O)O. The molecule has 1 unspecified atom stereocenters. The lowest BCUT2D eigenvalue weighted by Gasteiger charge is -2.27. The average molecular weight is 301 g/mol. The van der Waals surface area contributed by atoms with E-state index in [1.165, 1.54) is 0 Å². The second kappa shape index (κ2) is 7.33. The fraction of sp³-hybridized carbons (Fsp3) is 0.571. The Balaban J connectivity index is 2.98. The number of amides is 1. The molecule has 0 aliphatic heterocycles. The Morgan fingerprint density at radius 1 is 1.45 bits per heavy atom. The van der Waals surface area contributed by atoms with Gasteiger partial charge in [0.25, 0.3) is 5.91 Å². The molecule has 1 N–H and O–H groups in total. The zero-order valence-electron chi connectivity index (χ0n) is 12.1. The minimum atomic E-state index is -0.911. The van der Waals surface area contributed by atoms with Crippen molar-refractivity contribution >= 4 is 23.5 Å². The van der Waals surface area contributed by atoms with Crippen LogP contribution in [-0.4, -0.2) is 39.0 Å². The molecule has 0 saturated heterocycles. The highest BCUT2D eigenvalue weighted by atomic mass is 35.5. The molecule has 0 spiro atoms. The zero-order chi connectivity index (χ0) is 15.3. The minimum absolute atomic E-state index is 0.0677. The van der Waals surface area contributed by atoms with Gasteiger partial charge in [-0.15, -0.1) is 0 Å². The first-order valence-corrected chi connectivity index (χ1v) is 7.16. The van der Waals surface area contributed by atoms with Crippen molar-refractivity contribution in [2.45, 2.75) is 46.2 Å². The van der Waals surface area contributed by atoms with E-state index in [9.17, 15) is 9.59 Å². The van der Waals surface area contributed by atoms with Crippen LogP contribution in [0.15, 0.2) is 12.3 Å². The zero-order valence-corrected chi connectivity index (χ0v) is 12.9. The van der Waals surface area contributed by atoms with Gasteiger partial charge in [-0.2, -0.15) is 0 Å². The quantitative estimate of drug-likeness (QED) is 0.842. The van der Waals surface area contributed by atoms with Crippen molar-refractivity contribution in [1.82, 2.24) is 9.47 Å². The van der Waals surface area contributed by atoms with Gasteiger partial charge in [-0.1, -0.05) is 18.5 Å². The Morgan fingerprint density at radius 3 is 2.60 bits per heavy atom. The molecule has 0 aliphatic rings. The highest BCUT2D eigenvalue weighted by molar-refractivity contribution is 6.31. The van der Waals surface area contributed by atoms with E-state index in [0.29, 0.717) is 23.8 Å². The van der Waals surface area contributed by atoms with Crippen molar-refractivity contribution in [3.05, 3.63) is 23.0 Å². The number of aliphatic carboxylic acids is 1. The van der Waals surface area contributed by atoms with Gasteiger partial charge < -0.3 is 14.6 Å². The van der Waals surface area contributed by atoms with Gasteiger partial charge in [0.1, 0.15) is 5.69 Å². The lowest BCUT2D eigenvalue weighted by atomic mass is 10.2. The third-order valence-corrected chi connectivity index (χ3v) is 3.36. The lowest BCUT2D eigenvalue weighted by Crippen LogP contribution is -2.40. The fourth-order valence-corrected chi connectivity index (χ4v) is 2.47. The average Bonchev–Trinajstić information content (AvgIpc) is 2.70. The molecule has 0 aromatic carbocycles. The fourth-order valence-electron chi connectivity index (χ4n) is 2.25. The molecule has 1 atom stereocenters. The molecule has 112 valence electrons. The Bertz CT molecular complexity index is 485. The first-order chi connectivity index (χ1) is 9.40. The maximum atomic E-state index is 12.6. The van der Waals surface area contributed by atoms with Crippen LogP contribution in [0.3, 0.4) is 0 Å². The number of hydrogen-bond donors (Lipinski definition) is 1. The van der Waals surface area contributed by atoms with Crippen molar-refractivity contribution in [2.24, 2.45) is 0 Å². The first-order valence-electron chi connectivity index (χ1n) is 6.79. The molecule has 0 radical (unpaired) electrons. The van der Waals surface area contributed by atoms with Gasteiger partial charge in [0, 0.05) is 25.3 Å². The number of carbonyl (C=O) groups excluding carboxylic acids is 1. The van der Waals surface area contributed by atoms with Crippen molar-refractivity contribution < 1.29 is 14.7 Å². The van der Waals surface area contributed by atoms with Gasteiger partial charge in [0.15, 0.2) is 0 Å². The number of rotatable bonds is 7. The normalized spacial score (nSPS) is 12.2. The van der Waals surface area contributed by atoms with Crippen LogP contribution in [0.5, 0.6) is 0 Å². The molecule has 1 rings (SSSR count). The number of hydrogen-bond acceptors (Lipinski definition) is 2. The predicted octanol–water partition coefficient (Wildman–Crippen LogP) is 2.88. The molecular formula is C14H21ClN2O3. The number of carboxylic acid groups (broad SMARTS) is 1. The molecule has 1 aromatic heterocycles. The monoisotopic (exact) mass is 300 g/mol. The van der Waals surface area contributed by atoms with Gasteiger partial charge in [0.2, 0.25) is 0 Å². The molecular weight excluding hydrogens is 280 g/mol. The van der Waals surface area contributed by atoms with E-state index in [2.05, 4.69) is 0 Å². The molecule has 20 heavy (non-hydrogen) atoms. The van der Waals surface area contributed by atoms with E-state index in [4.69, 9.17) is 16.7 Å². The predicted molar refractivity (Wildman–Crippen MR) is 78.2 cm³/mol. The molecule has 1 aromatic rings. The second-order valence-corrected chi connectivity index (χ2v) is 5.21. The van der Waals surface area contributed by atoms with E-state index < -0.39 is 5.97 Å². The highest BCUT2D eigenvalue weighted by Crippen LogP contribution is 2.18. The number of carbonyl (C=O) groups is 2. The molecule has 6 heteroatoms. The summed E-state index contributed by atoms with van der Waals surface area (Å²) in [6.45, 7) is 6.77. The van der Waals surface area contributed by atoms with Crippen molar-refractivity contribution in [3.63, 3.8) is 0 Å². The molecule has 1 amide bonds. The number of aryl methyl sites for hydroxylation is 1. The van der Waals surface area contributed by atoms with Crippen molar-refractivity contribution in [1.29, 1.82) is 0 Å². The van der Waals surface area contributed by atoms with Crippen LogP contribution in [0, 0.1) is 0 Å². The van der Waals surface area contributed by atoms with Crippen molar-refractivity contribution in [2.75, 3.05) is 6.54 Å². The summed E-state index contributed by atoms with van der Waals surface area (Å²) >= 11 is 5.97. The molecule has 0 aliphatic carbocycles. The van der Waals surface area contributed by atoms with Crippen LogP contribution < -0.4 is 0 Å². The van der Waals surface area contributed by atoms with Crippen LogP contribution in [0.25, 0.3) is 0 Å².